The van der Waals surface area contributed by atoms with Crippen LogP contribution in [0.3, 0.4) is 0 Å². The van der Waals surface area contributed by atoms with Gasteiger partial charge in [0.2, 0.25) is 0 Å². The number of hydrogen-bond acceptors (Lipinski definition) is 4. The summed E-state index contributed by atoms with van der Waals surface area (Å²) in [6.07, 6.45) is 6.66. The zero-order valence-corrected chi connectivity index (χ0v) is 29.7. The highest BCUT2D eigenvalue weighted by molar-refractivity contribution is 14.1. The second-order valence-electron chi connectivity index (χ2n) is 6.15. The molecule has 0 aliphatic rings. The fourth-order valence-electron chi connectivity index (χ4n) is 2.59. The van der Waals surface area contributed by atoms with Crippen LogP contribution in [0, 0.1) is 7.14 Å². The van der Waals surface area contributed by atoms with Crippen LogP contribution in [-0.4, -0.2) is 19.9 Å². The van der Waals surface area contributed by atoms with Gasteiger partial charge in [0.15, 0.2) is 0 Å². The Labute approximate surface area is 276 Å². The number of pyridine rings is 4. The predicted octanol–water partition coefficient (Wildman–Crippen LogP) is 11.2. The van der Waals surface area contributed by atoms with Gasteiger partial charge in [-0.05, 0) is 121 Å². The maximum absolute atomic E-state index is 6.02. The Morgan fingerprint density at radius 3 is 1.21 bits per heavy atom. The first-order valence-electron chi connectivity index (χ1n) is 8.63. The van der Waals surface area contributed by atoms with Crippen molar-refractivity contribution < 1.29 is 0 Å². The van der Waals surface area contributed by atoms with Crippen molar-refractivity contribution in [2.24, 2.45) is 0 Å². The minimum atomic E-state index is 0.429. The van der Waals surface area contributed by atoms with Gasteiger partial charge in [-0.1, -0.05) is 46.4 Å². The monoisotopic (exact) mass is 1010 g/mol. The molecule has 0 fully saturated rings. The molecule has 0 saturated heterocycles. The number of nitrogens with zero attached hydrogens (tertiary/aromatic N) is 4. The number of halogens is 10. The molecule has 4 aromatic heterocycles. The summed E-state index contributed by atoms with van der Waals surface area (Å²) in [6, 6.07) is 3.56. The largest absolute Gasteiger partial charge is 0.243 e. The van der Waals surface area contributed by atoms with Gasteiger partial charge in [0.1, 0.15) is 20.6 Å². The van der Waals surface area contributed by atoms with Crippen molar-refractivity contribution in [1.29, 1.82) is 0 Å². The molecule has 0 atom stereocenters. The van der Waals surface area contributed by atoms with Crippen molar-refractivity contribution in [1.82, 2.24) is 19.9 Å². The SMILES string of the molecule is Clc1cc(-c2c(Br)cnc(Cl)c2I)c(Br)cn1.Clc1cc(-c2c(Br)cnc(Cl)c2I)c(Br)cn1. The first-order valence-corrected chi connectivity index (χ1v) is 15.5. The third-order valence-electron chi connectivity index (χ3n) is 4.04. The zero-order chi connectivity index (χ0) is 25.2. The molecule has 176 valence electrons. The van der Waals surface area contributed by atoms with E-state index in [-0.39, 0.29) is 0 Å². The average molecular weight is 1020 g/mol. The highest BCUT2D eigenvalue weighted by Gasteiger charge is 2.16. The highest BCUT2D eigenvalue weighted by Crippen LogP contribution is 2.40. The highest BCUT2D eigenvalue weighted by atomic mass is 127. The van der Waals surface area contributed by atoms with Crippen molar-refractivity contribution in [3.05, 3.63) is 82.6 Å². The summed E-state index contributed by atoms with van der Waals surface area (Å²) >= 11 is 42.0. The molecule has 0 amide bonds. The molecule has 0 aromatic carbocycles. The van der Waals surface area contributed by atoms with Gasteiger partial charge in [-0.25, -0.2) is 19.9 Å². The Morgan fingerprint density at radius 2 is 0.853 bits per heavy atom. The maximum atomic E-state index is 6.02. The summed E-state index contributed by atoms with van der Waals surface area (Å²) < 4.78 is 5.14. The Kier molecular flexibility index (Phi) is 11.6. The van der Waals surface area contributed by atoms with E-state index in [1.165, 1.54) is 0 Å². The van der Waals surface area contributed by atoms with Crippen molar-refractivity contribution in [3.8, 4) is 22.3 Å². The molecule has 14 heteroatoms. The number of hydrogen-bond donors (Lipinski definition) is 0. The molecule has 0 spiro atoms. The fraction of sp³-hybridized carbons (Fsp3) is 0. The third-order valence-corrected chi connectivity index (χ3v) is 10.2. The summed E-state index contributed by atoms with van der Waals surface area (Å²) in [5.41, 5.74) is 3.74. The molecule has 0 N–H and O–H groups in total. The van der Waals surface area contributed by atoms with Crippen LogP contribution >= 0.6 is 155 Å². The molecule has 0 unspecified atom stereocenters. The molecule has 0 bridgehead atoms. The number of aromatic nitrogens is 4. The minimum Gasteiger partial charge on any atom is -0.243 e. The minimum absolute atomic E-state index is 0.429. The Bertz CT molecular complexity index is 1290. The van der Waals surface area contributed by atoms with E-state index in [0.29, 0.717) is 20.6 Å². The first kappa shape index (κ1) is 29.7. The van der Waals surface area contributed by atoms with Crippen LogP contribution in [-0.2, 0) is 0 Å². The second-order valence-corrected chi connectivity index (χ2v) is 13.2. The molecule has 4 nitrogen and oxygen atoms in total. The lowest BCUT2D eigenvalue weighted by Crippen LogP contribution is -1.91. The van der Waals surface area contributed by atoms with Crippen LogP contribution in [0.2, 0.25) is 20.6 Å². The van der Waals surface area contributed by atoms with Crippen LogP contribution in [0.5, 0.6) is 0 Å². The Morgan fingerprint density at radius 1 is 0.529 bits per heavy atom. The topological polar surface area (TPSA) is 51.6 Å². The van der Waals surface area contributed by atoms with Crippen LogP contribution in [0.15, 0.2) is 54.8 Å². The number of rotatable bonds is 2. The van der Waals surface area contributed by atoms with Crippen LogP contribution < -0.4 is 0 Å². The van der Waals surface area contributed by atoms with Gasteiger partial charge in [-0.3, -0.25) is 0 Å². The lowest BCUT2D eigenvalue weighted by Gasteiger charge is -2.10. The average Bonchev–Trinajstić information content (AvgIpc) is 2.79. The second kappa shape index (κ2) is 13.3. The van der Waals surface area contributed by atoms with E-state index in [4.69, 9.17) is 46.4 Å². The summed E-state index contributed by atoms with van der Waals surface area (Å²) in [7, 11) is 0. The van der Waals surface area contributed by atoms with Crippen molar-refractivity contribution in [2.45, 2.75) is 0 Å². The molecule has 34 heavy (non-hydrogen) atoms. The quantitative estimate of drug-likeness (QED) is 0.148. The maximum Gasteiger partial charge on any atom is 0.143 e. The molecule has 4 heterocycles. The molecular formula is C20H6Br4Cl4I2N4. The van der Waals surface area contributed by atoms with Crippen LogP contribution in [0.25, 0.3) is 22.3 Å². The summed E-state index contributed by atoms with van der Waals surface area (Å²) in [5, 5.41) is 1.78. The van der Waals surface area contributed by atoms with Gasteiger partial charge in [0.05, 0.1) is 7.14 Å². The van der Waals surface area contributed by atoms with Crippen LogP contribution in [0.4, 0.5) is 0 Å². The van der Waals surface area contributed by atoms with E-state index in [1.807, 2.05) is 0 Å². The van der Waals surface area contributed by atoms with E-state index < -0.39 is 0 Å². The fourth-order valence-corrected chi connectivity index (χ4v) is 7.23. The van der Waals surface area contributed by atoms with Gasteiger partial charge in [-0.2, -0.15) is 0 Å². The van der Waals surface area contributed by atoms with E-state index in [1.54, 1.807) is 36.9 Å². The van der Waals surface area contributed by atoms with Gasteiger partial charge in [-0.15, -0.1) is 0 Å². The van der Waals surface area contributed by atoms with E-state index in [9.17, 15) is 0 Å². The van der Waals surface area contributed by atoms with E-state index >= 15 is 0 Å². The predicted molar refractivity (Wildman–Crippen MR) is 171 cm³/mol. The third kappa shape index (κ3) is 7.16. The van der Waals surface area contributed by atoms with Crippen molar-refractivity contribution in [3.63, 3.8) is 0 Å². The molecule has 0 aliphatic carbocycles. The smallest absolute Gasteiger partial charge is 0.143 e. The standard InChI is InChI=1S/2C10H3Br2Cl2IN2/c2*11-5-2-16-7(13)1-4(5)8-6(12)3-17-10(14)9(8)15/h2*1-3H. The molecular weight excluding hydrogens is 1010 g/mol. The van der Waals surface area contributed by atoms with E-state index in [2.05, 4.69) is 129 Å². The lowest BCUT2D eigenvalue weighted by atomic mass is 10.1. The molecule has 4 aromatic rings. The van der Waals surface area contributed by atoms with Gasteiger partial charge < -0.3 is 0 Å². The summed E-state index contributed by atoms with van der Waals surface area (Å²) in [6.45, 7) is 0. The molecule has 0 radical (unpaired) electrons. The van der Waals surface area contributed by atoms with Gasteiger partial charge in [0, 0.05) is 64.9 Å². The first-order chi connectivity index (χ1) is 16.0. The molecule has 0 saturated carbocycles. The summed E-state index contributed by atoms with van der Waals surface area (Å²) in [5.74, 6) is 0. The summed E-state index contributed by atoms with van der Waals surface area (Å²) in [4.78, 5) is 16.1. The van der Waals surface area contributed by atoms with Crippen LogP contribution in [0.1, 0.15) is 0 Å². The van der Waals surface area contributed by atoms with Crippen molar-refractivity contribution in [2.75, 3.05) is 0 Å². The van der Waals surface area contributed by atoms with Gasteiger partial charge >= 0.3 is 0 Å². The van der Waals surface area contributed by atoms with E-state index in [0.717, 1.165) is 47.3 Å². The Hall–Kier alpha value is 1.14. The molecule has 0 aliphatic heterocycles. The zero-order valence-electron chi connectivity index (χ0n) is 16.0. The normalized spacial score (nSPS) is 10.6. The van der Waals surface area contributed by atoms with Gasteiger partial charge in [0.25, 0.3) is 0 Å². The Balaban J connectivity index is 0.000000191. The van der Waals surface area contributed by atoms with Crippen molar-refractivity contribution >= 4 is 155 Å². The molecule has 4 rings (SSSR count). The lowest BCUT2D eigenvalue weighted by molar-refractivity contribution is 1.27.